The van der Waals surface area contributed by atoms with Crippen LogP contribution in [0.2, 0.25) is 0 Å². The van der Waals surface area contributed by atoms with Crippen LogP contribution >= 0.6 is 0 Å². The van der Waals surface area contributed by atoms with E-state index in [0.717, 1.165) is 0 Å². The van der Waals surface area contributed by atoms with Gasteiger partial charge in [0.05, 0.1) is 13.7 Å². The molecule has 4 unspecified atom stereocenters. The summed E-state index contributed by atoms with van der Waals surface area (Å²) < 4.78 is 4.59. The summed E-state index contributed by atoms with van der Waals surface area (Å²) in [7, 11) is 1.19. The summed E-state index contributed by atoms with van der Waals surface area (Å²) in [4.78, 5) is 19.7. The molecule has 0 bridgehead atoms. The Hall–Kier alpha value is -0.730. The van der Waals surface area contributed by atoms with Gasteiger partial charge in [-0.05, 0) is 0 Å². The second-order valence-corrected chi connectivity index (χ2v) is 2.82. The summed E-state index contributed by atoms with van der Waals surface area (Å²) in [5.41, 5.74) is 0. The first kappa shape index (κ1) is 11.3. The van der Waals surface area contributed by atoms with E-state index in [1.165, 1.54) is 7.11 Å². The largest absolute Gasteiger partial charge is 0.454 e. The lowest BCUT2D eigenvalue weighted by Gasteiger charge is -2.20. The topological polar surface area (TPSA) is 105 Å². The second-order valence-electron chi connectivity index (χ2n) is 2.82. The van der Waals surface area contributed by atoms with E-state index in [9.17, 15) is 15.0 Å². The number of hydrogen-bond donors (Lipinski definition) is 3. The summed E-state index contributed by atoms with van der Waals surface area (Å²) in [5.74, 6) is -0.912. The molecular weight excluding hydrogens is 196 g/mol. The van der Waals surface area contributed by atoms with Crippen molar-refractivity contribution in [3.05, 3.63) is 0 Å². The average molecular weight is 208 g/mol. The first-order chi connectivity index (χ1) is 6.61. The van der Waals surface area contributed by atoms with Gasteiger partial charge in [0.25, 0.3) is 0 Å². The van der Waals surface area contributed by atoms with E-state index in [-0.39, 0.29) is 0 Å². The average Bonchev–Trinajstić information content (AvgIpc) is 2.45. The van der Waals surface area contributed by atoms with Gasteiger partial charge in [0.1, 0.15) is 6.10 Å². The lowest BCUT2D eigenvalue weighted by molar-refractivity contribution is -0.326. The van der Waals surface area contributed by atoms with Crippen LogP contribution in [-0.4, -0.2) is 59.4 Å². The van der Waals surface area contributed by atoms with Crippen LogP contribution in [0, 0.1) is 0 Å². The monoisotopic (exact) mass is 208 g/mol. The van der Waals surface area contributed by atoms with Gasteiger partial charge in [0.2, 0.25) is 0 Å². The third kappa shape index (κ3) is 2.02. The van der Waals surface area contributed by atoms with Gasteiger partial charge in [-0.3, -0.25) is 0 Å². The maximum Gasteiger partial charge on any atom is 0.338 e. The number of rotatable bonds is 4. The third-order valence-corrected chi connectivity index (χ3v) is 1.90. The van der Waals surface area contributed by atoms with Gasteiger partial charge in [-0.2, -0.15) is 0 Å². The molecule has 0 amide bonds. The molecule has 1 aliphatic rings. The number of hydrogen-bond acceptors (Lipinski definition) is 7. The molecular formula is C7H12O7. The van der Waals surface area contributed by atoms with Gasteiger partial charge >= 0.3 is 5.97 Å². The third-order valence-electron chi connectivity index (χ3n) is 1.90. The smallest absolute Gasteiger partial charge is 0.338 e. The minimum Gasteiger partial charge on any atom is -0.454 e. The number of aliphatic hydroxyl groups is 3. The van der Waals surface area contributed by atoms with Gasteiger partial charge in [-0.15, -0.1) is 0 Å². The highest BCUT2D eigenvalue weighted by molar-refractivity contribution is 5.77. The maximum atomic E-state index is 10.9. The molecule has 0 radical (unpaired) electrons. The molecule has 7 heteroatoms. The van der Waals surface area contributed by atoms with Crippen molar-refractivity contribution in [1.29, 1.82) is 0 Å². The minimum absolute atomic E-state index is 0.603. The van der Waals surface area contributed by atoms with Crippen LogP contribution in [0.15, 0.2) is 0 Å². The van der Waals surface area contributed by atoms with Crippen molar-refractivity contribution in [2.75, 3.05) is 13.7 Å². The van der Waals surface area contributed by atoms with Gasteiger partial charge in [0.15, 0.2) is 18.3 Å². The zero-order chi connectivity index (χ0) is 10.7. The Balaban J connectivity index is 2.69. The number of ether oxygens (including phenoxy) is 1. The van der Waals surface area contributed by atoms with Crippen molar-refractivity contribution in [2.24, 2.45) is 0 Å². The molecule has 1 heterocycles. The van der Waals surface area contributed by atoms with Crippen LogP contribution in [0.1, 0.15) is 0 Å². The van der Waals surface area contributed by atoms with Gasteiger partial charge in [-0.1, -0.05) is 0 Å². The van der Waals surface area contributed by atoms with Crippen LogP contribution in [0.4, 0.5) is 0 Å². The van der Waals surface area contributed by atoms with E-state index in [2.05, 4.69) is 14.5 Å². The molecule has 0 aromatic carbocycles. The summed E-state index contributed by atoms with van der Waals surface area (Å²) in [6.07, 6.45) is -5.07. The Morgan fingerprint density at radius 3 is 2.79 bits per heavy atom. The Morgan fingerprint density at radius 1 is 1.64 bits per heavy atom. The highest BCUT2D eigenvalue weighted by atomic mass is 17.2. The van der Waals surface area contributed by atoms with Crippen LogP contribution in [-0.2, 0) is 19.3 Å². The zero-order valence-corrected chi connectivity index (χ0v) is 7.49. The summed E-state index contributed by atoms with van der Waals surface area (Å²) >= 11 is 0. The fraction of sp³-hybridized carbons (Fsp3) is 0.857. The van der Waals surface area contributed by atoms with Crippen LogP contribution in [0.25, 0.3) is 0 Å². The molecule has 4 atom stereocenters. The maximum absolute atomic E-state index is 10.9. The minimum atomic E-state index is -1.51. The molecule has 14 heavy (non-hydrogen) atoms. The molecule has 0 aromatic rings. The number of carbonyl (C=O) groups is 1. The molecule has 1 saturated heterocycles. The summed E-state index contributed by atoms with van der Waals surface area (Å²) in [5, 5.41) is 27.1. The summed E-state index contributed by atoms with van der Waals surface area (Å²) in [6.45, 7) is -0.603. The fourth-order valence-electron chi connectivity index (χ4n) is 1.20. The number of cyclic esters (lactones) is 1. The second kappa shape index (κ2) is 4.67. The lowest BCUT2D eigenvalue weighted by atomic mass is 10.1. The first-order valence-corrected chi connectivity index (χ1v) is 3.98. The number of aliphatic hydroxyl groups excluding tert-OH is 3. The van der Waals surface area contributed by atoms with E-state index < -0.39 is 37.0 Å². The Kier molecular flexibility index (Phi) is 3.78. The molecule has 1 aliphatic heterocycles. The van der Waals surface area contributed by atoms with Crippen LogP contribution in [0.5, 0.6) is 0 Å². The molecule has 3 N–H and O–H groups in total. The highest BCUT2D eigenvalue weighted by Crippen LogP contribution is 2.22. The van der Waals surface area contributed by atoms with Crippen molar-refractivity contribution >= 4 is 5.97 Å². The van der Waals surface area contributed by atoms with Crippen LogP contribution in [0.3, 0.4) is 0 Å². The molecule has 7 nitrogen and oxygen atoms in total. The van der Waals surface area contributed by atoms with E-state index in [1.54, 1.807) is 0 Å². The SMILES string of the molecule is COOC1C(O)C(=O)OC1C(O)CO. The molecule has 82 valence electrons. The van der Waals surface area contributed by atoms with Crippen molar-refractivity contribution < 1.29 is 34.6 Å². The predicted octanol–water partition coefficient (Wildman–Crippen LogP) is -2.43. The lowest BCUT2D eigenvalue weighted by Crippen LogP contribution is -2.42. The van der Waals surface area contributed by atoms with E-state index in [0.29, 0.717) is 0 Å². The van der Waals surface area contributed by atoms with E-state index in [1.807, 2.05) is 0 Å². The summed E-state index contributed by atoms with van der Waals surface area (Å²) in [6, 6.07) is 0. The number of esters is 1. The molecule has 0 spiro atoms. The zero-order valence-electron chi connectivity index (χ0n) is 7.49. The molecule has 0 saturated carbocycles. The fourth-order valence-corrected chi connectivity index (χ4v) is 1.20. The standard InChI is InChI=1S/C7H12O7/c1-12-14-6-4(10)7(11)13-5(6)3(9)2-8/h3-6,8-10H,2H2,1H3. The van der Waals surface area contributed by atoms with Gasteiger partial charge < -0.3 is 20.1 Å². The van der Waals surface area contributed by atoms with Crippen molar-refractivity contribution in [2.45, 2.75) is 24.4 Å². The Bertz CT molecular complexity index is 206. The van der Waals surface area contributed by atoms with Gasteiger partial charge in [0, 0.05) is 0 Å². The van der Waals surface area contributed by atoms with Crippen molar-refractivity contribution in [1.82, 2.24) is 0 Å². The predicted molar refractivity (Wildman–Crippen MR) is 40.9 cm³/mol. The molecule has 0 aromatic heterocycles. The molecule has 1 fully saturated rings. The van der Waals surface area contributed by atoms with E-state index in [4.69, 9.17) is 5.11 Å². The molecule has 0 aliphatic carbocycles. The normalized spacial score (nSPS) is 34.3. The Labute approximate surface area is 79.7 Å². The number of carbonyl (C=O) groups excluding carboxylic acids is 1. The first-order valence-electron chi connectivity index (χ1n) is 3.98. The van der Waals surface area contributed by atoms with Crippen molar-refractivity contribution in [3.63, 3.8) is 0 Å². The van der Waals surface area contributed by atoms with E-state index >= 15 is 0 Å². The van der Waals surface area contributed by atoms with Gasteiger partial charge in [-0.25, -0.2) is 14.6 Å². The molecule has 1 rings (SSSR count). The van der Waals surface area contributed by atoms with Crippen molar-refractivity contribution in [3.8, 4) is 0 Å². The highest BCUT2D eigenvalue weighted by Gasteiger charge is 2.48. The quantitative estimate of drug-likeness (QED) is 0.268. The van der Waals surface area contributed by atoms with Crippen LogP contribution < -0.4 is 0 Å². The Morgan fingerprint density at radius 2 is 2.29 bits per heavy atom.